The van der Waals surface area contributed by atoms with Gasteiger partial charge in [-0.25, -0.2) is 4.39 Å². The highest BCUT2D eigenvalue weighted by Gasteiger charge is 2.02. The Hall–Kier alpha value is -0.930. The molecule has 3 heteroatoms. The van der Waals surface area contributed by atoms with Crippen LogP contribution in [0.25, 0.3) is 0 Å². The molecule has 0 saturated carbocycles. The molecule has 0 radical (unpaired) electrons. The van der Waals surface area contributed by atoms with Crippen molar-refractivity contribution in [1.29, 1.82) is 0 Å². The molecule has 0 spiro atoms. The van der Waals surface area contributed by atoms with Gasteiger partial charge in [-0.3, -0.25) is 0 Å². The Bertz CT molecular complexity index is 339. The van der Waals surface area contributed by atoms with Crippen LogP contribution < -0.4 is 5.73 Å². The largest absolute Gasteiger partial charge is 0.377 e. The summed E-state index contributed by atoms with van der Waals surface area (Å²) in [6.45, 7) is 5.92. The molecule has 0 unspecified atom stereocenters. The van der Waals surface area contributed by atoms with Crippen molar-refractivity contribution in [2.45, 2.75) is 39.8 Å². The van der Waals surface area contributed by atoms with Crippen LogP contribution in [0.5, 0.6) is 0 Å². The topological polar surface area (TPSA) is 35.2 Å². The van der Waals surface area contributed by atoms with E-state index in [1.165, 1.54) is 12.5 Å². The number of nitrogens with two attached hydrogens (primary N) is 1. The summed E-state index contributed by atoms with van der Waals surface area (Å²) in [6, 6.07) is 4.98. The fourth-order valence-electron chi connectivity index (χ4n) is 1.66. The molecular formula is C14H22FNO. The average Bonchev–Trinajstić information content (AvgIpc) is 2.30. The van der Waals surface area contributed by atoms with Gasteiger partial charge in [-0.2, -0.15) is 0 Å². The maximum Gasteiger partial charge on any atom is 0.127 e. The van der Waals surface area contributed by atoms with Crippen LogP contribution >= 0.6 is 0 Å². The Kier molecular flexibility index (Phi) is 6.16. The van der Waals surface area contributed by atoms with Gasteiger partial charge in [0.1, 0.15) is 5.82 Å². The molecule has 0 heterocycles. The summed E-state index contributed by atoms with van der Waals surface area (Å²) in [5.74, 6) is 0.476. The van der Waals surface area contributed by atoms with E-state index in [9.17, 15) is 4.39 Å². The molecule has 1 aromatic rings. The third kappa shape index (κ3) is 5.29. The van der Waals surface area contributed by atoms with Crippen molar-refractivity contribution in [1.82, 2.24) is 0 Å². The maximum atomic E-state index is 13.2. The molecule has 0 aromatic heterocycles. The van der Waals surface area contributed by atoms with Gasteiger partial charge in [0, 0.05) is 18.7 Å². The van der Waals surface area contributed by atoms with Crippen molar-refractivity contribution in [3.63, 3.8) is 0 Å². The molecule has 0 fully saturated rings. The summed E-state index contributed by atoms with van der Waals surface area (Å²) in [4.78, 5) is 0. The van der Waals surface area contributed by atoms with E-state index in [1.807, 2.05) is 0 Å². The van der Waals surface area contributed by atoms with E-state index >= 15 is 0 Å². The molecule has 1 rings (SSSR count). The van der Waals surface area contributed by atoms with Crippen molar-refractivity contribution in [2.75, 3.05) is 6.61 Å². The molecule has 0 aliphatic heterocycles. The summed E-state index contributed by atoms with van der Waals surface area (Å²) in [6.07, 6.45) is 2.25. The molecule has 0 saturated heterocycles. The highest BCUT2D eigenvalue weighted by atomic mass is 19.1. The second-order valence-corrected chi connectivity index (χ2v) is 4.72. The predicted octanol–water partition coefficient (Wildman–Crippen LogP) is 3.24. The number of benzene rings is 1. The molecule has 0 aliphatic rings. The van der Waals surface area contributed by atoms with E-state index in [4.69, 9.17) is 10.5 Å². The summed E-state index contributed by atoms with van der Waals surface area (Å²) in [5.41, 5.74) is 6.98. The zero-order valence-corrected chi connectivity index (χ0v) is 10.7. The van der Waals surface area contributed by atoms with Crippen molar-refractivity contribution in [2.24, 2.45) is 11.7 Å². The molecule has 0 atom stereocenters. The van der Waals surface area contributed by atoms with E-state index in [0.29, 0.717) is 18.1 Å². The highest BCUT2D eigenvalue weighted by molar-refractivity contribution is 5.24. The first kappa shape index (κ1) is 14.1. The summed E-state index contributed by atoms with van der Waals surface area (Å²) >= 11 is 0. The fourth-order valence-corrected chi connectivity index (χ4v) is 1.66. The predicted molar refractivity (Wildman–Crippen MR) is 68.0 cm³/mol. The normalized spacial score (nSPS) is 11.1. The molecule has 2 nitrogen and oxygen atoms in total. The lowest BCUT2D eigenvalue weighted by atomic mass is 10.1. The summed E-state index contributed by atoms with van der Waals surface area (Å²) in [7, 11) is 0. The standard InChI is InChI=1S/C14H22FNO/c1-11(2)4-3-7-17-10-12-5-6-14(15)13(8-12)9-16/h5-6,8,11H,3-4,7,9-10,16H2,1-2H3. The Morgan fingerprint density at radius 2 is 2.12 bits per heavy atom. The lowest BCUT2D eigenvalue weighted by Crippen LogP contribution is -2.02. The first-order valence-corrected chi connectivity index (χ1v) is 6.18. The monoisotopic (exact) mass is 239 g/mol. The van der Waals surface area contributed by atoms with E-state index in [1.54, 1.807) is 12.1 Å². The van der Waals surface area contributed by atoms with Crippen LogP contribution in [0.3, 0.4) is 0 Å². The second-order valence-electron chi connectivity index (χ2n) is 4.72. The van der Waals surface area contributed by atoms with Gasteiger partial charge in [-0.05, 0) is 36.5 Å². The molecule has 0 bridgehead atoms. The Balaban J connectivity index is 2.32. The minimum absolute atomic E-state index is 0.229. The van der Waals surface area contributed by atoms with Gasteiger partial charge in [0.15, 0.2) is 0 Å². The zero-order chi connectivity index (χ0) is 12.7. The van der Waals surface area contributed by atoms with E-state index in [0.717, 1.165) is 18.6 Å². The summed E-state index contributed by atoms with van der Waals surface area (Å²) < 4.78 is 18.7. The molecular weight excluding hydrogens is 217 g/mol. The van der Waals surface area contributed by atoms with Gasteiger partial charge in [0.05, 0.1) is 6.61 Å². The number of hydrogen-bond donors (Lipinski definition) is 1. The highest BCUT2D eigenvalue weighted by Crippen LogP contribution is 2.11. The molecule has 0 amide bonds. The van der Waals surface area contributed by atoms with E-state index < -0.39 is 0 Å². The first-order valence-electron chi connectivity index (χ1n) is 6.18. The number of halogens is 1. The average molecular weight is 239 g/mol. The zero-order valence-electron chi connectivity index (χ0n) is 10.7. The van der Waals surface area contributed by atoms with Gasteiger partial charge in [-0.1, -0.05) is 19.9 Å². The third-order valence-corrected chi connectivity index (χ3v) is 2.67. The SMILES string of the molecule is CC(C)CCCOCc1ccc(F)c(CN)c1. The molecule has 1 aromatic carbocycles. The lowest BCUT2D eigenvalue weighted by molar-refractivity contribution is 0.115. The minimum Gasteiger partial charge on any atom is -0.377 e. The van der Waals surface area contributed by atoms with Gasteiger partial charge in [0.25, 0.3) is 0 Å². The van der Waals surface area contributed by atoms with Gasteiger partial charge < -0.3 is 10.5 Å². The van der Waals surface area contributed by atoms with Crippen LogP contribution in [-0.4, -0.2) is 6.61 Å². The van der Waals surface area contributed by atoms with Crippen molar-refractivity contribution in [3.05, 3.63) is 35.1 Å². The number of hydrogen-bond acceptors (Lipinski definition) is 2. The number of rotatable bonds is 7. The molecule has 17 heavy (non-hydrogen) atoms. The van der Waals surface area contributed by atoms with Crippen LogP contribution in [0.1, 0.15) is 37.8 Å². The van der Waals surface area contributed by atoms with Crippen molar-refractivity contribution in [3.8, 4) is 0 Å². The minimum atomic E-state index is -0.240. The van der Waals surface area contributed by atoms with Crippen molar-refractivity contribution < 1.29 is 9.13 Å². The van der Waals surface area contributed by atoms with Crippen LogP contribution in [0.4, 0.5) is 4.39 Å². The summed E-state index contributed by atoms with van der Waals surface area (Å²) in [5, 5.41) is 0. The van der Waals surface area contributed by atoms with Crippen LogP contribution in [-0.2, 0) is 17.9 Å². The van der Waals surface area contributed by atoms with Gasteiger partial charge in [-0.15, -0.1) is 0 Å². The quantitative estimate of drug-likeness (QED) is 0.741. The van der Waals surface area contributed by atoms with Crippen LogP contribution in [0.2, 0.25) is 0 Å². The van der Waals surface area contributed by atoms with E-state index in [-0.39, 0.29) is 12.4 Å². The number of ether oxygens (including phenoxy) is 1. The van der Waals surface area contributed by atoms with Crippen LogP contribution in [0.15, 0.2) is 18.2 Å². The molecule has 96 valence electrons. The van der Waals surface area contributed by atoms with E-state index in [2.05, 4.69) is 13.8 Å². The maximum absolute atomic E-state index is 13.2. The van der Waals surface area contributed by atoms with Gasteiger partial charge in [0.2, 0.25) is 0 Å². The smallest absolute Gasteiger partial charge is 0.127 e. The van der Waals surface area contributed by atoms with Crippen molar-refractivity contribution >= 4 is 0 Å². The first-order chi connectivity index (χ1) is 8.13. The molecule has 2 N–H and O–H groups in total. The Morgan fingerprint density at radius 1 is 1.35 bits per heavy atom. The molecule has 0 aliphatic carbocycles. The second kappa shape index (κ2) is 7.41. The Morgan fingerprint density at radius 3 is 2.76 bits per heavy atom. The van der Waals surface area contributed by atoms with Gasteiger partial charge >= 0.3 is 0 Å². The fraction of sp³-hybridized carbons (Fsp3) is 0.571. The van der Waals surface area contributed by atoms with Crippen LogP contribution in [0, 0.1) is 11.7 Å². The lowest BCUT2D eigenvalue weighted by Gasteiger charge is -2.07. The third-order valence-electron chi connectivity index (χ3n) is 2.67. The Labute approximate surface area is 103 Å².